The molecule has 2 atom stereocenters. The molecule has 1 aromatic rings. The maximum absolute atomic E-state index is 10.8. The summed E-state index contributed by atoms with van der Waals surface area (Å²) in [6, 6.07) is 6.10. The summed E-state index contributed by atoms with van der Waals surface area (Å²) in [4.78, 5) is 10.8. The molecular weight excluding hydrogens is 242 g/mol. The van der Waals surface area contributed by atoms with Gasteiger partial charge in [0.1, 0.15) is 5.75 Å². The third kappa shape index (κ3) is 3.19. The van der Waals surface area contributed by atoms with Crippen LogP contribution >= 0.6 is 0 Å². The van der Waals surface area contributed by atoms with Crippen LogP contribution in [0.2, 0.25) is 0 Å². The van der Waals surface area contributed by atoms with Crippen LogP contribution in [-0.4, -0.2) is 24.7 Å². The predicted octanol–water partition coefficient (Wildman–Crippen LogP) is 2.95. The molecule has 0 saturated heterocycles. The SMILES string of the molecule is COc1ccc(C(C)C)cc1NCC1CC1C(=O)O. The predicted molar refractivity (Wildman–Crippen MR) is 74.8 cm³/mol. The summed E-state index contributed by atoms with van der Waals surface area (Å²) in [5.41, 5.74) is 2.19. The molecule has 104 valence electrons. The van der Waals surface area contributed by atoms with Gasteiger partial charge in [-0.25, -0.2) is 0 Å². The van der Waals surface area contributed by atoms with E-state index in [4.69, 9.17) is 9.84 Å². The minimum atomic E-state index is -0.685. The molecule has 0 heterocycles. The highest BCUT2D eigenvalue weighted by Gasteiger charge is 2.42. The molecule has 4 nitrogen and oxygen atoms in total. The number of nitrogens with one attached hydrogen (secondary N) is 1. The number of methoxy groups -OCH3 is 1. The molecule has 0 aromatic heterocycles. The van der Waals surface area contributed by atoms with Crippen molar-refractivity contribution < 1.29 is 14.6 Å². The van der Waals surface area contributed by atoms with Crippen molar-refractivity contribution in [1.82, 2.24) is 0 Å². The largest absolute Gasteiger partial charge is 0.495 e. The molecule has 19 heavy (non-hydrogen) atoms. The van der Waals surface area contributed by atoms with Gasteiger partial charge >= 0.3 is 5.97 Å². The van der Waals surface area contributed by atoms with E-state index in [1.807, 2.05) is 6.07 Å². The van der Waals surface area contributed by atoms with E-state index in [2.05, 4.69) is 31.3 Å². The van der Waals surface area contributed by atoms with Gasteiger partial charge < -0.3 is 15.2 Å². The fourth-order valence-electron chi connectivity index (χ4n) is 2.24. The average Bonchev–Trinajstić information content (AvgIpc) is 3.15. The molecule has 0 amide bonds. The summed E-state index contributed by atoms with van der Waals surface area (Å²) in [6.45, 7) is 4.98. The molecule has 2 rings (SSSR count). The van der Waals surface area contributed by atoms with Gasteiger partial charge in [0, 0.05) is 6.54 Å². The molecule has 1 aromatic carbocycles. The summed E-state index contributed by atoms with van der Waals surface area (Å²) >= 11 is 0. The number of hydrogen-bond donors (Lipinski definition) is 2. The van der Waals surface area contributed by atoms with E-state index in [9.17, 15) is 4.79 Å². The molecule has 1 aliphatic rings. The second-order valence-corrected chi connectivity index (χ2v) is 5.44. The Morgan fingerprint density at radius 3 is 2.79 bits per heavy atom. The van der Waals surface area contributed by atoms with E-state index in [1.165, 1.54) is 5.56 Å². The van der Waals surface area contributed by atoms with Gasteiger partial charge in [-0.3, -0.25) is 4.79 Å². The average molecular weight is 263 g/mol. The van der Waals surface area contributed by atoms with Crippen LogP contribution in [0.3, 0.4) is 0 Å². The van der Waals surface area contributed by atoms with Crippen molar-refractivity contribution >= 4 is 11.7 Å². The van der Waals surface area contributed by atoms with Gasteiger partial charge in [0.25, 0.3) is 0 Å². The van der Waals surface area contributed by atoms with Crippen molar-refractivity contribution in [3.63, 3.8) is 0 Å². The minimum Gasteiger partial charge on any atom is -0.495 e. The Hall–Kier alpha value is -1.71. The van der Waals surface area contributed by atoms with Crippen LogP contribution in [0.4, 0.5) is 5.69 Å². The number of rotatable bonds is 6. The third-order valence-corrected chi connectivity index (χ3v) is 3.68. The number of carbonyl (C=O) groups is 1. The Kier molecular flexibility index (Phi) is 3.98. The standard InChI is InChI=1S/C15H21NO3/c1-9(2)10-4-5-14(19-3)13(7-10)16-8-11-6-12(11)15(17)18/h4-5,7,9,11-12,16H,6,8H2,1-3H3,(H,17,18). The molecule has 1 saturated carbocycles. The van der Waals surface area contributed by atoms with Crippen LogP contribution in [0, 0.1) is 11.8 Å². The second-order valence-electron chi connectivity index (χ2n) is 5.44. The summed E-state index contributed by atoms with van der Waals surface area (Å²) in [5.74, 6) is 0.641. The first-order valence-electron chi connectivity index (χ1n) is 6.67. The Morgan fingerprint density at radius 2 is 2.26 bits per heavy atom. The fraction of sp³-hybridized carbons (Fsp3) is 0.533. The van der Waals surface area contributed by atoms with Crippen LogP contribution < -0.4 is 10.1 Å². The minimum absolute atomic E-state index is 0.174. The second kappa shape index (κ2) is 5.51. The zero-order valence-corrected chi connectivity index (χ0v) is 11.6. The Bertz CT molecular complexity index is 470. The highest BCUT2D eigenvalue weighted by Crippen LogP contribution is 2.39. The molecule has 0 radical (unpaired) electrons. The van der Waals surface area contributed by atoms with Gasteiger partial charge in [-0.1, -0.05) is 19.9 Å². The molecule has 2 N–H and O–H groups in total. The fourth-order valence-corrected chi connectivity index (χ4v) is 2.24. The number of ether oxygens (including phenoxy) is 1. The number of anilines is 1. The van der Waals surface area contributed by atoms with E-state index < -0.39 is 5.97 Å². The van der Waals surface area contributed by atoms with Crippen molar-refractivity contribution in [1.29, 1.82) is 0 Å². The smallest absolute Gasteiger partial charge is 0.306 e. The zero-order valence-electron chi connectivity index (χ0n) is 11.6. The maximum atomic E-state index is 10.8. The molecule has 2 unspecified atom stereocenters. The zero-order chi connectivity index (χ0) is 14.0. The van der Waals surface area contributed by atoms with Crippen molar-refractivity contribution in [3.8, 4) is 5.75 Å². The van der Waals surface area contributed by atoms with E-state index in [-0.39, 0.29) is 11.8 Å². The van der Waals surface area contributed by atoms with Crippen LogP contribution in [0.5, 0.6) is 5.75 Å². The molecule has 0 bridgehead atoms. The van der Waals surface area contributed by atoms with Gasteiger partial charge in [0.05, 0.1) is 18.7 Å². The molecule has 0 aliphatic heterocycles. The van der Waals surface area contributed by atoms with Crippen LogP contribution in [0.1, 0.15) is 31.7 Å². The quantitative estimate of drug-likeness (QED) is 0.828. The lowest BCUT2D eigenvalue weighted by atomic mass is 10.0. The van der Waals surface area contributed by atoms with Gasteiger partial charge in [0.15, 0.2) is 0 Å². The number of aliphatic carboxylic acids is 1. The Labute approximate surface area is 113 Å². The first-order valence-corrected chi connectivity index (χ1v) is 6.67. The van der Waals surface area contributed by atoms with Gasteiger partial charge in [-0.05, 0) is 36.0 Å². The van der Waals surface area contributed by atoms with Crippen LogP contribution in [0.25, 0.3) is 0 Å². The summed E-state index contributed by atoms with van der Waals surface area (Å²) in [5, 5.41) is 12.2. The van der Waals surface area contributed by atoms with Gasteiger partial charge in [-0.15, -0.1) is 0 Å². The van der Waals surface area contributed by atoms with Gasteiger partial charge in [-0.2, -0.15) is 0 Å². The topological polar surface area (TPSA) is 58.6 Å². The molecule has 1 fully saturated rings. The van der Waals surface area contributed by atoms with Crippen LogP contribution in [0.15, 0.2) is 18.2 Å². The number of carboxylic acid groups (broad SMARTS) is 1. The van der Waals surface area contributed by atoms with E-state index in [1.54, 1.807) is 7.11 Å². The summed E-state index contributed by atoms with van der Waals surface area (Å²) in [7, 11) is 1.65. The maximum Gasteiger partial charge on any atom is 0.306 e. The van der Waals surface area contributed by atoms with Crippen molar-refractivity contribution in [2.24, 2.45) is 11.8 Å². The number of hydrogen-bond acceptors (Lipinski definition) is 3. The lowest BCUT2D eigenvalue weighted by molar-refractivity contribution is -0.138. The molecular formula is C15H21NO3. The van der Waals surface area contributed by atoms with Crippen molar-refractivity contribution in [3.05, 3.63) is 23.8 Å². The van der Waals surface area contributed by atoms with E-state index >= 15 is 0 Å². The monoisotopic (exact) mass is 263 g/mol. The Morgan fingerprint density at radius 1 is 1.53 bits per heavy atom. The number of benzene rings is 1. The third-order valence-electron chi connectivity index (χ3n) is 3.68. The van der Waals surface area contributed by atoms with E-state index in [0.717, 1.165) is 17.9 Å². The number of carboxylic acids is 1. The lowest BCUT2D eigenvalue weighted by Gasteiger charge is -2.14. The van der Waals surface area contributed by atoms with Gasteiger partial charge in [0.2, 0.25) is 0 Å². The molecule has 0 spiro atoms. The van der Waals surface area contributed by atoms with Crippen molar-refractivity contribution in [2.45, 2.75) is 26.2 Å². The highest BCUT2D eigenvalue weighted by atomic mass is 16.5. The normalized spacial score (nSPS) is 21.3. The molecule has 1 aliphatic carbocycles. The van der Waals surface area contributed by atoms with E-state index in [0.29, 0.717) is 12.5 Å². The van der Waals surface area contributed by atoms with Crippen LogP contribution in [-0.2, 0) is 4.79 Å². The molecule has 4 heteroatoms. The Balaban J connectivity index is 2.02. The first kappa shape index (κ1) is 13.7. The van der Waals surface area contributed by atoms with Crippen molar-refractivity contribution in [2.75, 3.05) is 19.0 Å². The summed E-state index contributed by atoms with van der Waals surface area (Å²) in [6.07, 6.45) is 0.772. The highest BCUT2D eigenvalue weighted by molar-refractivity contribution is 5.73. The first-order chi connectivity index (χ1) is 9.02. The summed E-state index contributed by atoms with van der Waals surface area (Å²) < 4.78 is 5.33. The lowest BCUT2D eigenvalue weighted by Crippen LogP contribution is -2.09.